The fraction of sp³-hybridized carbons (Fsp3) is 0.654. The monoisotopic (exact) mass is 484 g/mol. The summed E-state index contributed by atoms with van der Waals surface area (Å²) in [5.41, 5.74) is -8.69. The van der Waals surface area contributed by atoms with Crippen LogP contribution in [0.1, 0.15) is 65.0 Å². The van der Waals surface area contributed by atoms with E-state index in [-0.39, 0.29) is 24.5 Å². The van der Waals surface area contributed by atoms with Crippen LogP contribution in [0.25, 0.3) is 0 Å². The van der Waals surface area contributed by atoms with Crippen molar-refractivity contribution in [2.45, 2.75) is 88.0 Å². The maximum absolute atomic E-state index is 14.0. The van der Waals surface area contributed by atoms with Crippen LogP contribution in [0.3, 0.4) is 0 Å². The summed E-state index contributed by atoms with van der Waals surface area (Å²) in [6.07, 6.45) is 2.94. The first-order chi connectivity index (χ1) is 16.3. The summed E-state index contributed by atoms with van der Waals surface area (Å²) in [6.45, 7) is 6.79. The summed E-state index contributed by atoms with van der Waals surface area (Å²) >= 11 is 0. The summed E-state index contributed by atoms with van der Waals surface area (Å²) in [5, 5.41) is 24.8. The number of ketones is 1. The fourth-order valence-corrected chi connectivity index (χ4v) is 8.65. The predicted molar refractivity (Wildman–Crippen MR) is 115 cm³/mol. The van der Waals surface area contributed by atoms with E-state index in [2.05, 4.69) is 0 Å². The molecule has 2 saturated carbocycles. The number of carbonyl (C=O) groups is 3. The molecule has 7 rings (SSSR count). The van der Waals surface area contributed by atoms with Crippen LogP contribution in [0.4, 0.5) is 0 Å². The second-order valence-corrected chi connectivity index (χ2v) is 12.2. The Kier molecular flexibility index (Phi) is 3.57. The first-order valence-corrected chi connectivity index (χ1v) is 12.2. The Labute approximate surface area is 201 Å². The number of carbonyl (C=O) groups excluding carboxylic acids is 3. The quantitative estimate of drug-likeness (QED) is 0.452. The second kappa shape index (κ2) is 5.74. The van der Waals surface area contributed by atoms with Crippen LogP contribution in [-0.2, 0) is 28.6 Å². The molecule has 6 aliphatic rings. The Morgan fingerprint density at radius 1 is 1.09 bits per heavy atom. The van der Waals surface area contributed by atoms with Gasteiger partial charge < -0.3 is 28.8 Å². The minimum absolute atomic E-state index is 0.107. The number of epoxide rings is 1. The number of furan rings is 1. The first kappa shape index (κ1) is 21.8. The van der Waals surface area contributed by atoms with E-state index < -0.39 is 63.0 Å². The zero-order valence-electron chi connectivity index (χ0n) is 20.0. The van der Waals surface area contributed by atoms with Crippen molar-refractivity contribution in [3.63, 3.8) is 0 Å². The highest BCUT2D eigenvalue weighted by atomic mass is 16.6. The van der Waals surface area contributed by atoms with Gasteiger partial charge in [0.1, 0.15) is 17.3 Å². The van der Waals surface area contributed by atoms with Gasteiger partial charge in [0.15, 0.2) is 17.0 Å². The van der Waals surface area contributed by atoms with E-state index in [4.69, 9.17) is 18.6 Å². The van der Waals surface area contributed by atoms with Crippen molar-refractivity contribution < 1.29 is 43.2 Å². The van der Waals surface area contributed by atoms with Gasteiger partial charge in [-0.3, -0.25) is 9.59 Å². The lowest BCUT2D eigenvalue weighted by Gasteiger charge is -2.65. The lowest BCUT2D eigenvalue weighted by Crippen LogP contribution is -2.83. The number of aliphatic hydroxyl groups is 2. The van der Waals surface area contributed by atoms with Crippen LogP contribution in [0.5, 0.6) is 0 Å². The molecule has 8 atom stereocenters. The van der Waals surface area contributed by atoms with E-state index in [0.717, 1.165) is 0 Å². The van der Waals surface area contributed by atoms with Gasteiger partial charge in [-0.05, 0) is 31.4 Å². The number of esters is 2. The molecule has 0 radical (unpaired) electrons. The van der Waals surface area contributed by atoms with Crippen LogP contribution >= 0.6 is 0 Å². The predicted octanol–water partition coefficient (Wildman–Crippen LogP) is 1.91. The molecule has 0 bridgehead atoms. The van der Waals surface area contributed by atoms with E-state index in [1.165, 1.54) is 19.5 Å². The minimum Gasteiger partial charge on any atom is -0.472 e. The molecule has 9 nitrogen and oxygen atoms in total. The molecule has 3 aliphatic carbocycles. The van der Waals surface area contributed by atoms with Gasteiger partial charge in [-0.25, -0.2) is 4.79 Å². The molecule has 9 heteroatoms. The Balaban J connectivity index is 1.56. The molecule has 3 aliphatic heterocycles. The Morgan fingerprint density at radius 3 is 2.51 bits per heavy atom. The van der Waals surface area contributed by atoms with Crippen molar-refractivity contribution in [2.75, 3.05) is 0 Å². The Hall–Kier alpha value is -2.49. The van der Waals surface area contributed by atoms with Gasteiger partial charge in [-0.1, -0.05) is 20.8 Å². The minimum atomic E-state index is -2.50. The maximum Gasteiger partial charge on any atom is 0.337 e. The van der Waals surface area contributed by atoms with Crippen LogP contribution in [0, 0.1) is 16.7 Å². The van der Waals surface area contributed by atoms with Gasteiger partial charge in [0.05, 0.1) is 30.6 Å². The molecule has 4 heterocycles. The largest absolute Gasteiger partial charge is 0.472 e. The summed E-state index contributed by atoms with van der Waals surface area (Å²) in [6, 6.07) is 1.73. The van der Waals surface area contributed by atoms with Gasteiger partial charge in [0.2, 0.25) is 0 Å². The van der Waals surface area contributed by atoms with Crippen molar-refractivity contribution in [3.8, 4) is 0 Å². The van der Waals surface area contributed by atoms with Gasteiger partial charge in [-0.15, -0.1) is 0 Å². The van der Waals surface area contributed by atoms with E-state index in [9.17, 15) is 24.6 Å². The summed E-state index contributed by atoms with van der Waals surface area (Å²) < 4.78 is 23.2. The van der Waals surface area contributed by atoms with Crippen molar-refractivity contribution in [3.05, 3.63) is 35.3 Å². The standard InChI is InChI=1S/C26H28O9/c1-21(2)13-9-15(27)35-23(13,4)26(31)16-17-22(3,18(33-19(16)28)12-6-8-32-10-12)7-5-14-24(17,34-14)11-25(26,30)20(21)29/h6,8,10,13-14,18,30-31H,5,7,9,11H2,1-4H3/t13-,14+,18-,22+,23-,24+,25-,26+/m0/s1. The van der Waals surface area contributed by atoms with E-state index in [0.29, 0.717) is 24.0 Å². The zero-order valence-corrected chi connectivity index (χ0v) is 20.0. The molecule has 1 aromatic rings. The van der Waals surface area contributed by atoms with Crippen molar-refractivity contribution in [1.29, 1.82) is 0 Å². The highest BCUT2D eigenvalue weighted by Gasteiger charge is 2.87. The molecule has 35 heavy (non-hydrogen) atoms. The number of fused-ring (bicyclic) bond motifs is 4. The summed E-state index contributed by atoms with van der Waals surface area (Å²) in [5.74, 6) is -2.82. The van der Waals surface area contributed by atoms with Crippen LogP contribution < -0.4 is 0 Å². The van der Waals surface area contributed by atoms with E-state index in [1.54, 1.807) is 19.9 Å². The third-order valence-corrected chi connectivity index (χ3v) is 10.2. The Morgan fingerprint density at radius 2 is 1.83 bits per heavy atom. The van der Waals surface area contributed by atoms with Crippen molar-refractivity contribution in [1.82, 2.24) is 0 Å². The molecule has 2 saturated heterocycles. The third kappa shape index (κ3) is 2.02. The smallest absolute Gasteiger partial charge is 0.337 e. The molecular weight excluding hydrogens is 456 g/mol. The molecule has 4 fully saturated rings. The number of rotatable bonds is 1. The van der Waals surface area contributed by atoms with Crippen molar-refractivity contribution >= 4 is 17.7 Å². The molecule has 1 aromatic heterocycles. The SMILES string of the molecule is CC1(C)C(=O)[C@@]2(O)C[C@@]34O[C@@H]3CC[C@]3(C)C4=C(C(=O)O[C@H]3c3ccoc3)[C@@]2(O)[C@@]2(C)OC(=O)C[C@@H]12. The van der Waals surface area contributed by atoms with E-state index >= 15 is 0 Å². The van der Waals surface area contributed by atoms with Gasteiger partial charge in [0.25, 0.3) is 0 Å². The number of ether oxygens (including phenoxy) is 3. The molecule has 0 aromatic carbocycles. The topological polar surface area (TPSA) is 136 Å². The number of hydrogen-bond donors (Lipinski definition) is 2. The number of hydrogen-bond acceptors (Lipinski definition) is 9. The van der Waals surface area contributed by atoms with E-state index in [1.807, 2.05) is 6.92 Å². The number of cyclic esters (lactones) is 1. The molecule has 186 valence electrons. The normalized spacial score (nSPS) is 51.0. The average Bonchev–Trinajstić information content (AvgIpc) is 3.09. The van der Waals surface area contributed by atoms with Crippen LogP contribution in [0.2, 0.25) is 0 Å². The fourth-order valence-electron chi connectivity index (χ4n) is 8.65. The third-order valence-electron chi connectivity index (χ3n) is 10.2. The lowest BCUT2D eigenvalue weighted by atomic mass is 9.41. The van der Waals surface area contributed by atoms with Gasteiger partial charge in [-0.2, -0.15) is 0 Å². The molecule has 0 amide bonds. The molecular formula is C26H28O9. The van der Waals surface area contributed by atoms with Gasteiger partial charge in [0, 0.05) is 28.7 Å². The maximum atomic E-state index is 14.0. The van der Waals surface area contributed by atoms with Crippen LogP contribution in [0.15, 0.2) is 34.2 Å². The molecule has 0 unspecified atom stereocenters. The highest BCUT2D eigenvalue weighted by Crippen LogP contribution is 2.74. The zero-order chi connectivity index (χ0) is 25.0. The number of Topliss-reactive ketones (excluding diaryl/α,β-unsaturated/α-hetero) is 1. The van der Waals surface area contributed by atoms with Crippen molar-refractivity contribution in [2.24, 2.45) is 16.7 Å². The summed E-state index contributed by atoms with van der Waals surface area (Å²) in [4.78, 5) is 40.5. The van der Waals surface area contributed by atoms with Crippen LogP contribution in [-0.4, -0.2) is 56.4 Å². The molecule has 1 spiro atoms. The lowest BCUT2D eigenvalue weighted by molar-refractivity contribution is -0.271. The first-order valence-electron chi connectivity index (χ1n) is 12.2. The average molecular weight is 485 g/mol. The highest BCUT2D eigenvalue weighted by molar-refractivity contribution is 6.04. The molecule has 2 N–H and O–H groups in total. The second-order valence-electron chi connectivity index (χ2n) is 12.2. The Bertz CT molecular complexity index is 1260. The summed E-state index contributed by atoms with van der Waals surface area (Å²) in [7, 11) is 0. The van der Waals surface area contributed by atoms with Gasteiger partial charge >= 0.3 is 11.9 Å².